The first-order valence-corrected chi connectivity index (χ1v) is 8.45. The van der Waals surface area contributed by atoms with Gasteiger partial charge in [-0.15, -0.1) is 10.2 Å². The van der Waals surface area contributed by atoms with Crippen LogP contribution in [0.2, 0.25) is 0 Å². The predicted octanol–water partition coefficient (Wildman–Crippen LogP) is 2.06. The Bertz CT molecular complexity index is 827. The number of carboxylic acid groups (broad SMARTS) is 1. The molecule has 1 aromatic heterocycles. The highest BCUT2D eigenvalue weighted by Gasteiger charge is 2.33. The minimum absolute atomic E-state index is 0.0561. The van der Waals surface area contributed by atoms with Crippen molar-refractivity contribution >= 4 is 5.97 Å². The van der Waals surface area contributed by atoms with E-state index in [9.17, 15) is 18.7 Å². The van der Waals surface area contributed by atoms with Crippen molar-refractivity contribution in [2.75, 3.05) is 6.61 Å². The highest BCUT2D eigenvalue weighted by Crippen LogP contribution is 2.31. The van der Waals surface area contributed by atoms with Gasteiger partial charge in [0.25, 0.3) is 0 Å². The van der Waals surface area contributed by atoms with Crippen LogP contribution in [0, 0.1) is 6.92 Å². The Morgan fingerprint density at radius 3 is 2.81 bits per heavy atom. The van der Waals surface area contributed by atoms with Gasteiger partial charge in [-0.25, -0.2) is 0 Å². The van der Waals surface area contributed by atoms with Gasteiger partial charge in [0.2, 0.25) is 0 Å². The fraction of sp³-hybridized carbons (Fsp3) is 0.471. The van der Waals surface area contributed by atoms with E-state index < -0.39 is 18.6 Å². The molecule has 2 aromatic rings. The molecule has 1 atom stereocenters. The van der Waals surface area contributed by atoms with Crippen LogP contribution in [-0.4, -0.2) is 50.0 Å². The number of hydrogen-bond donors (Lipinski definition) is 1. The molecule has 10 heteroatoms. The van der Waals surface area contributed by atoms with Crippen LogP contribution in [0.3, 0.4) is 0 Å². The number of benzene rings is 1. The summed E-state index contributed by atoms with van der Waals surface area (Å²) in [7, 11) is 0. The van der Waals surface area contributed by atoms with Crippen molar-refractivity contribution in [3.05, 3.63) is 35.4 Å². The lowest BCUT2D eigenvalue weighted by Crippen LogP contribution is -2.47. The van der Waals surface area contributed by atoms with E-state index in [2.05, 4.69) is 14.9 Å². The Labute approximate surface area is 154 Å². The Morgan fingerprint density at radius 1 is 1.37 bits per heavy atom. The van der Waals surface area contributed by atoms with Crippen molar-refractivity contribution in [1.82, 2.24) is 19.7 Å². The Morgan fingerprint density at radius 2 is 2.15 bits per heavy atom. The zero-order valence-corrected chi connectivity index (χ0v) is 14.9. The average Bonchev–Trinajstić information content (AvgIpc) is 2.96. The van der Waals surface area contributed by atoms with E-state index in [-0.39, 0.29) is 31.2 Å². The summed E-state index contributed by atoms with van der Waals surface area (Å²) in [6.45, 7) is 1.69. The van der Waals surface area contributed by atoms with Gasteiger partial charge in [0.15, 0.2) is 11.5 Å². The normalized spacial score (nSPS) is 17.0. The lowest BCUT2D eigenvalue weighted by Gasteiger charge is -2.33. The number of ether oxygens (including phenoxy) is 2. The Hall–Kier alpha value is -2.75. The molecule has 1 aliphatic heterocycles. The molecule has 146 valence electrons. The number of carboxylic acids is 1. The summed E-state index contributed by atoms with van der Waals surface area (Å²) in [6, 6.07) is 3.85. The number of aryl methyl sites for hydroxylation is 1. The summed E-state index contributed by atoms with van der Waals surface area (Å²) >= 11 is 0. The zero-order chi connectivity index (χ0) is 19.6. The monoisotopic (exact) mass is 382 g/mol. The molecule has 0 amide bonds. The van der Waals surface area contributed by atoms with E-state index in [1.54, 1.807) is 35.4 Å². The van der Waals surface area contributed by atoms with Crippen LogP contribution < -0.4 is 9.47 Å². The first-order valence-electron chi connectivity index (χ1n) is 8.45. The molecule has 1 aliphatic rings. The number of aliphatic carboxylic acids is 1. The van der Waals surface area contributed by atoms with E-state index in [0.717, 1.165) is 5.56 Å². The number of halogens is 2. The van der Waals surface area contributed by atoms with Gasteiger partial charge < -0.3 is 19.1 Å². The molecule has 0 spiro atoms. The maximum atomic E-state index is 12.5. The molecule has 1 N–H and O–H groups in total. The van der Waals surface area contributed by atoms with Crippen molar-refractivity contribution in [2.24, 2.45) is 0 Å². The van der Waals surface area contributed by atoms with Crippen molar-refractivity contribution in [3.63, 3.8) is 0 Å². The van der Waals surface area contributed by atoms with Crippen molar-refractivity contribution in [1.29, 1.82) is 0 Å². The minimum Gasteiger partial charge on any atom is -0.490 e. The number of alkyl halides is 2. The molecular weight excluding hydrogens is 362 g/mol. The van der Waals surface area contributed by atoms with E-state index in [4.69, 9.17) is 4.74 Å². The lowest BCUT2D eigenvalue weighted by molar-refractivity contribution is -0.145. The van der Waals surface area contributed by atoms with Gasteiger partial charge in [-0.1, -0.05) is 6.07 Å². The molecular formula is C17H20F2N4O4. The fourth-order valence-corrected chi connectivity index (χ4v) is 3.11. The van der Waals surface area contributed by atoms with Gasteiger partial charge in [0.1, 0.15) is 17.7 Å². The van der Waals surface area contributed by atoms with E-state index in [1.807, 2.05) is 0 Å². The van der Waals surface area contributed by atoms with Crippen LogP contribution >= 0.6 is 0 Å². The largest absolute Gasteiger partial charge is 0.490 e. The van der Waals surface area contributed by atoms with Crippen LogP contribution in [0.25, 0.3) is 0 Å². The minimum atomic E-state index is -2.96. The third-order valence-electron chi connectivity index (χ3n) is 4.35. The van der Waals surface area contributed by atoms with Crippen molar-refractivity contribution in [2.45, 2.75) is 46.1 Å². The molecule has 0 saturated carbocycles. The summed E-state index contributed by atoms with van der Waals surface area (Å²) in [6.07, 6.45) is 0. The number of aromatic nitrogens is 3. The summed E-state index contributed by atoms with van der Waals surface area (Å²) < 4.78 is 36.7. The first-order chi connectivity index (χ1) is 12.9. The predicted molar refractivity (Wildman–Crippen MR) is 89.7 cm³/mol. The highest BCUT2D eigenvalue weighted by molar-refractivity contribution is 5.73. The van der Waals surface area contributed by atoms with E-state index in [1.165, 1.54) is 6.07 Å². The molecule has 27 heavy (non-hydrogen) atoms. The smallest absolute Gasteiger partial charge is 0.387 e. The summed E-state index contributed by atoms with van der Waals surface area (Å²) in [4.78, 5) is 13.5. The third-order valence-corrected chi connectivity index (χ3v) is 4.35. The van der Waals surface area contributed by atoms with Crippen molar-refractivity contribution < 1.29 is 28.2 Å². The molecule has 1 aromatic carbocycles. The summed E-state index contributed by atoms with van der Waals surface area (Å²) in [5.41, 5.74) is 0.719. The molecule has 0 aliphatic carbocycles. The number of rotatable bonds is 7. The van der Waals surface area contributed by atoms with Gasteiger partial charge in [-0.05, 0) is 31.5 Å². The maximum absolute atomic E-state index is 12.5. The lowest BCUT2D eigenvalue weighted by atomic mass is 10.1. The molecule has 0 fully saturated rings. The maximum Gasteiger partial charge on any atom is 0.387 e. The number of carbonyl (C=O) groups is 1. The molecule has 0 radical (unpaired) electrons. The van der Waals surface area contributed by atoms with Crippen LogP contribution in [0.5, 0.6) is 11.5 Å². The molecule has 8 nitrogen and oxygen atoms in total. The van der Waals surface area contributed by atoms with Gasteiger partial charge in [0.05, 0.1) is 19.7 Å². The first kappa shape index (κ1) is 19.0. The highest BCUT2D eigenvalue weighted by atomic mass is 19.3. The molecule has 3 rings (SSSR count). The zero-order valence-electron chi connectivity index (χ0n) is 14.9. The standard InChI is InChI=1S/C17H20F2N4O4/c1-3-26-14-6-11(4-5-13(14)27-17(18)19)7-22-9-15-21-20-10(2)23(15)8-12(22)16(24)25/h4-6,12,17H,3,7-9H2,1-2H3,(H,24,25). The van der Waals surface area contributed by atoms with Crippen LogP contribution in [-0.2, 0) is 24.4 Å². The van der Waals surface area contributed by atoms with E-state index in [0.29, 0.717) is 18.2 Å². The van der Waals surface area contributed by atoms with Gasteiger partial charge in [-0.3, -0.25) is 9.69 Å². The number of hydrogen-bond acceptors (Lipinski definition) is 6. The van der Waals surface area contributed by atoms with Crippen LogP contribution in [0.15, 0.2) is 18.2 Å². The van der Waals surface area contributed by atoms with Crippen LogP contribution in [0.1, 0.15) is 24.1 Å². The van der Waals surface area contributed by atoms with Gasteiger partial charge in [-0.2, -0.15) is 8.78 Å². The van der Waals surface area contributed by atoms with Crippen LogP contribution in [0.4, 0.5) is 8.78 Å². The fourth-order valence-electron chi connectivity index (χ4n) is 3.11. The molecule has 1 unspecified atom stereocenters. The molecule has 0 bridgehead atoms. The quantitative estimate of drug-likeness (QED) is 0.784. The third kappa shape index (κ3) is 4.16. The average molecular weight is 382 g/mol. The van der Waals surface area contributed by atoms with E-state index >= 15 is 0 Å². The van der Waals surface area contributed by atoms with Gasteiger partial charge >= 0.3 is 12.6 Å². The summed E-state index contributed by atoms with van der Waals surface area (Å²) in [5, 5.41) is 17.7. The second kappa shape index (κ2) is 7.87. The Balaban J connectivity index is 1.84. The second-order valence-corrected chi connectivity index (χ2v) is 6.13. The molecule has 2 heterocycles. The molecule has 0 saturated heterocycles. The second-order valence-electron chi connectivity index (χ2n) is 6.13. The number of fused-ring (bicyclic) bond motifs is 1. The van der Waals surface area contributed by atoms with Gasteiger partial charge in [0, 0.05) is 6.54 Å². The summed E-state index contributed by atoms with van der Waals surface area (Å²) in [5.74, 6) is 0.546. The SMILES string of the molecule is CCOc1cc(CN2Cc3nnc(C)n3CC2C(=O)O)ccc1OC(F)F. The van der Waals surface area contributed by atoms with Crippen molar-refractivity contribution in [3.8, 4) is 11.5 Å². The topological polar surface area (TPSA) is 89.7 Å². The Kier molecular flexibility index (Phi) is 5.54. The number of nitrogens with zero attached hydrogens (tertiary/aromatic N) is 4.